The van der Waals surface area contributed by atoms with E-state index in [1.807, 2.05) is 0 Å². The molecule has 1 rings (SSSR count). The number of hydrogen-bond donors (Lipinski definition) is 0. The lowest BCUT2D eigenvalue weighted by Gasteiger charge is -2.12. The Balaban J connectivity index is 2.21. The Hall–Kier alpha value is -1.69. The molecular formula is C10H13NO5. The third-order valence-electron chi connectivity index (χ3n) is 1.89. The van der Waals surface area contributed by atoms with Gasteiger partial charge in [0.15, 0.2) is 0 Å². The van der Waals surface area contributed by atoms with Crippen LogP contribution in [0, 0.1) is 0 Å². The Morgan fingerprint density at radius 1 is 1.31 bits per heavy atom. The van der Waals surface area contributed by atoms with E-state index in [0.717, 1.165) is 0 Å². The largest absolute Gasteiger partial charge is 0.460 e. The topological polar surface area (TPSA) is 72.9 Å². The maximum absolute atomic E-state index is 11.1. The van der Waals surface area contributed by atoms with Crippen LogP contribution in [0.1, 0.15) is 19.8 Å². The molecule has 0 unspecified atom stereocenters. The predicted octanol–water partition coefficient (Wildman–Crippen LogP) is 0.186. The minimum Gasteiger partial charge on any atom is -0.460 e. The summed E-state index contributed by atoms with van der Waals surface area (Å²) in [6.07, 6.45) is 0.342. The standard InChI is InChI=1S/C10H13NO5/c1-7(2)10(14)15-5-6-16-11-8(12)3-4-9(11)13/h1,3-6H2,2H3. The van der Waals surface area contributed by atoms with Gasteiger partial charge in [0.25, 0.3) is 11.8 Å². The van der Waals surface area contributed by atoms with Gasteiger partial charge in [-0.2, -0.15) is 5.06 Å². The van der Waals surface area contributed by atoms with Gasteiger partial charge in [0.05, 0.1) is 0 Å². The van der Waals surface area contributed by atoms with E-state index in [1.54, 1.807) is 0 Å². The summed E-state index contributed by atoms with van der Waals surface area (Å²) in [7, 11) is 0. The lowest BCUT2D eigenvalue weighted by molar-refractivity contribution is -0.190. The molecule has 88 valence electrons. The van der Waals surface area contributed by atoms with Crippen LogP contribution < -0.4 is 0 Å². The first-order valence-corrected chi connectivity index (χ1v) is 4.83. The van der Waals surface area contributed by atoms with Crippen molar-refractivity contribution in [3.8, 4) is 0 Å². The van der Waals surface area contributed by atoms with Crippen LogP contribution in [0.4, 0.5) is 0 Å². The van der Waals surface area contributed by atoms with E-state index in [4.69, 9.17) is 9.57 Å². The van der Waals surface area contributed by atoms with Gasteiger partial charge in [-0.05, 0) is 6.92 Å². The molecule has 1 fully saturated rings. The van der Waals surface area contributed by atoms with Crippen LogP contribution in [0.25, 0.3) is 0 Å². The van der Waals surface area contributed by atoms with Crippen molar-refractivity contribution in [2.45, 2.75) is 19.8 Å². The van der Waals surface area contributed by atoms with Crippen molar-refractivity contribution in [2.75, 3.05) is 13.2 Å². The first kappa shape index (κ1) is 12.4. The number of amides is 2. The zero-order valence-corrected chi connectivity index (χ0v) is 9.02. The number of rotatable bonds is 5. The molecule has 1 aliphatic rings. The SMILES string of the molecule is C=C(C)C(=O)OCCON1C(=O)CCC1=O. The van der Waals surface area contributed by atoms with Crippen molar-refractivity contribution < 1.29 is 24.0 Å². The number of nitrogens with zero attached hydrogens (tertiary/aromatic N) is 1. The fraction of sp³-hybridized carbons (Fsp3) is 0.500. The van der Waals surface area contributed by atoms with E-state index in [2.05, 4.69) is 6.58 Å². The van der Waals surface area contributed by atoms with E-state index in [0.29, 0.717) is 5.06 Å². The van der Waals surface area contributed by atoms with Crippen LogP contribution in [0.5, 0.6) is 0 Å². The summed E-state index contributed by atoms with van der Waals surface area (Å²) in [4.78, 5) is 38.0. The monoisotopic (exact) mass is 227 g/mol. The van der Waals surface area contributed by atoms with Gasteiger partial charge in [-0.15, -0.1) is 0 Å². The quantitative estimate of drug-likeness (QED) is 0.290. The molecule has 2 amide bonds. The van der Waals surface area contributed by atoms with E-state index in [9.17, 15) is 14.4 Å². The second-order valence-electron chi connectivity index (χ2n) is 3.33. The highest BCUT2D eigenvalue weighted by Gasteiger charge is 2.30. The molecule has 0 aromatic carbocycles. The summed E-state index contributed by atoms with van der Waals surface area (Å²) in [6.45, 7) is 4.87. The second-order valence-corrected chi connectivity index (χ2v) is 3.33. The molecule has 0 bridgehead atoms. The van der Waals surface area contributed by atoms with Crippen LogP contribution in [0.3, 0.4) is 0 Å². The molecule has 0 aliphatic carbocycles. The molecule has 6 heteroatoms. The average Bonchev–Trinajstić information content (AvgIpc) is 2.54. The fourth-order valence-electron chi connectivity index (χ4n) is 1.09. The van der Waals surface area contributed by atoms with Crippen molar-refractivity contribution >= 4 is 17.8 Å². The molecule has 1 aliphatic heterocycles. The summed E-state index contributed by atoms with van der Waals surface area (Å²) in [5.41, 5.74) is 0.285. The Labute approximate surface area is 92.8 Å². The van der Waals surface area contributed by atoms with Gasteiger partial charge in [0.1, 0.15) is 13.2 Å². The van der Waals surface area contributed by atoms with Crippen molar-refractivity contribution in [3.05, 3.63) is 12.2 Å². The van der Waals surface area contributed by atoms with Crippen molar-refractivity contribution in [3.63, 3.8) is 0 Å². The highest BCUT2D eigenvalue weighted by Crippen LogP contribution is 2.11. The maximum atomic E-state index is 11.1. The number of hydrogen-bond acceptors (Lipinski definition) is 5. The molecule has 0 atom stereocenters. The summed E-state index contributed by atoms with van der Waals surface area (Å²) in [5.74, 6) is -1.25. The Kier molecular flexibility index (Phi) is 4.19. The molecule has 0 saturated carbocycles. The summed E-state index contributed by atoms with van der Waals surface area (Å²) in [6, 6.07) is 0. The number of imide groups is 1. The normalized spacial score (nSPS) is 15.4. The Bertz CT molecular complexity index is 320. The summed E-state index contributed by atoms with van der Waals surface area (Å²) < 4.78 is 4.72. The minimum absolute atomic E-state index is 0.0250. The Morgan fingerprint density at radius 3 is 2.38 bits per heavy atom. The molecule has 0 N–H and O–H groups in total. The van der Waals surface area contributed by atoms with E-state index >= 15 is 0 Å². The van der Waals surface area contributed by atoms with Gasteiger partial charge in [0.2, 0.25) is 0 Å². The van der Waals surface area contributed by atoms with Gasteiger partial charge in [-0.3, -0.25) is 14.4 Å². The smallest absolute Gasteiger partial charge is 0.333 e. The number of carbonyl (C=O) groups excluding carboxylic acids is 3. The van der Waals surface area contributed by atoms with E-state index < -0.39 is 5.97 Å². The summed E-state index contributed by atoms with van der Waals surface area (Å²) >= 11 is 0. The van der Waals surface area contributed by atoms with Crippen LogP contribution in [-0.4, -0.2) is 36.1 Å². The molecule has 1 saturated heterocycles. The maximum Gasteiger partial charge on any atom is 0.333 e. The zero-order valence-electron chi connectivity index (χ0n) is 9.02. The number of esters is 1. The molecule has 0 aromatic rings. The van der Waals surface area contributed by atoms with Gasteiger partial charge in [0, 0.05) is 18.4 Å². The van der Waals surface area contributed by atoms with Crippen molar-refractivity contribution in [1.82, 2.24) is 5.06 Å². The lowest BCUT2D eigenvalue weighted by Crippen LogP contribution is -2.30. The lowest BCUT2D eigenvalue weighted by atomic mass is 10.4. The highest BCUT2D eigenvalue weighted by atomic mass is 16.7. The van der Waals surface area contributed by atoms with E-state index in [-0.39, 0.29) is 43.4 Å². The zero-order chi connectivity index (χ0) is 12.1. The first-order chi connectivity index (χ1) is 7.52. The average molecular weight is 227 g/mol. The van der Waals surface area contributed by atoms with Gasteiger partial charge in [-0.1, -0.05) is 6.58 Å². The second kappa shape index (κ2) is 5.41. The van der Waals surface area contributed by atoms with E-state index in [1.165, 1.54) is 6.92 Å². The number of carbonyl (C=O) groups is 3. The molecular weight excluding hydrogens is 214 g/mol. The van der Waals surface area contributed by atoms with Crippen LogP contribution in [0.15, 0.2) is 12.2 Å². The van der Waals surface area contributed by atoms with Crippen LogP contribution >= 0.6 is 0 Å². The molecule has 0 aromatic heterocycles. The van der Waals surface area contributed by atoms with Gasteiger partial charge in [-0.25, -0.2) is 4.79 Å². The molecule has 0 radical (unpaired) electrons. The van der Waals surface area contributed by atoms with Gasteiger partial charge >= 0.3 is 5.97 Å². The van der Waals surface area contributed by atoms with Crippen LogP contribution in [0.2, 0.25) is 0 Å². The molecule has 6 nitrogen and oxygen atoms in total. The third-order valence-corrected chi connectivity index (χ3v) is 1.89. The third kappa shape index (κ3) is 3.16. The first-order valence-electron chi connectivity index (χ1n) is 4.83. The highest BCUT2D eigenvalue weighted by molar-refractivity contribution is 6.00. The van der Waals surface area contributed by atoms with Crippen molar-refractivity contribution in [2.24, 2.45) is 0 Å². The van der Waals surface area contributed by atoms with Crippen LogP contribution in [-0.2, 0) is 24.0 Å². The number of ether oxygens (including phenoxy) is 1. The van der Waals surface area contributed by atoms with Gasteiger partial charge < -0.3 is 4.74 Å². The fourth-order valence-corrected chi connectivity index (χ4v) is 1.09. The summed E-state index contributed by atoms with van der Waals surface area (Å²) in [5, 5.41) is 0.717. The minimum atomic E-state index is -0.525. The van der Waals surface area contributed by atoms with Crippen molar-refractivity contribution in [1.29, 1.82) is 0 Å². The number of hydroxylamine groups is 2. The predicted molar refractivity (Wildman–Crippen MR) is 52.8 cm³/mol. The molecule has 0 spiro atoms. The Morgan fingerprint density at radius 2 is 1.88 bits per heavy atom. The molecule has 1 heterocycles. The molecule has 16 heavy (non-hydrogen) atoms.